The molecule has 0 radical (unpaired) electrons. The fourth-order valence-corrected chi connectivity index (χ4v) is 3.48. The molecule has 14 heavy (non-hydrogen) atoms. The molecule has 0 spiro atoms. The van der Waals surface area contributed by atoms with Gasteiger partial charge in [-0.05, 0) is 31.6 Å². The molecule has 0 aromatic carbocycles. The Hall–Kier alpha value is -0.370. The molecule has 0 unspecified atom stereocenters. The molecule has 2 aliphatic rings. The van der Waals surface area contributed by atoms with Gasteiger partial charge in [0.15, 0.2) is 0 Å². The summed E-state index contributed by atoms with van der Waals surface area (Å²) in [6.45, 7) is 0. The second-order valence-corrected chi connectivity index (χ2v) is 4.87. The predicted molar refractivity (Wildman–Crippen MR) is 55.1 cm³/mol. The van der Waals surface area contributed by atoms with E-state index in [-0.39, 0.29) is 5.41 Å². The molecule has 2 aliphatic carbocycles. The molecule has 0 heterocycles. The molecule has 80 valence electrons. The normalized spacial score (nSPS) is 36.1. The van der Waals surface area contributed by atoms with E-state index in [4.69, 9.17) is 4.74 Å². The molecule has 2 saturated carbocycles. The van der Waals surface area contributed by atoms with E-state index in [9.17, 15) is 4.79 Å². The summed E-state index contributed by atoms with van der Waals surface area (Å²) in [7, 11) is 1.79. The Morgan fingerprint density at radius 2 is 1.93 bits per heavy atom. The highest BCUT2D eigenvalue weighted by atomic mass is 16.5. The van der Waals surface area contributed by atoms with Crippen LogP contribution in [0, 0.1) is 11.3 Å². The van der Waals surface area contributed by atoms with Gasteiger partial charge in [-0.15, -0.1) is 0 Å². The lowest BCUT2D eigenvalue weighted by molar-refractivity contribution is -0.121. The SMILES string of the molecule is CO[C@@H]1CCC[C@H]1C1(C=O)CCCC1. The van der Waals surface area contributed by atoms with Gasteiger partial charge in [-0.2, -0.15) is 0 Å². The second-order valence-electron chi connectivity index (χ2n) is 4.87. The predicted octanol–water partition coefficient (Wildman–Crippen LogP) is 2.56. The molecule has 2 heteroatoms. The molecule has 0 saturated heterocycles. The fourth-order valence-electron chi connectivity index (χ4n) is 3.48. The van der Waals surface area contributed by atoms with Crippen molar-refractivity contribution in [2.45, 2.75) is 51.0 Å². The molecule has 0 aromatic heterocycles. The largest absolute Gasteiger partial charge is 0.381 e. The van der Waals surface area contributed by atoms with Gasteiger partial charge in [0.2, 0.25) is 0 Å². The van der Waals surface area contributed by atoms with Crippen LogP contribution in [-0.2, 0) is 9.53 Å². The highest BCUT2D eigenvalue weighted by Crippen LogP contribution is 2.49. The summed E-state index contributed by atoms with van der Waals surface area (Å²) in [5.41, 5.74) is -0.0167. The standard InChI is InChI=1S/C12H20O2/c1-14-11-6-4-5-10(11)12(9-13)7-2-3-8-12/h9-11H,2-8H2,1H3/t10-,11-/m1/s1. The number of hydrogen-bond acceptors (Lipinski definition) is 2. The zero-order chi connectivity index (χ0) is 10.0. The minimum absolute atomic E-state index is 0.0167. The number of hydrogen-bond donors (Lipinski definition) is 0. The lowest BCUT2D eigenvalue weighted by Gasteiger charge is -2.33. The number of ether oxygens (including phenoxy) is 1. The van der Waals surface area contributed by atoms with E-state index in [0.29, 0.717) is 12.0 Å². The Balaban J connectivity index is 2.14. The Kier molecular flexibility index (Phi) is 2.91. The molecule has 2 atom stereocenters. The van der Waals surface area contributed by atoms with E-state index in [2.05, 4.69) is 0 Å². The van der Waals surface area contributed by atoms with Gasteiger partial charge >= 0.3 is 0 Å². The van der Waals surface area contributed by atoms with Crippen LogP contribution in [0.5, 0.6) is 0 Å². The van der Waals surface area contributed by atoms with Gasteiger partial charge in [-0.3, -0.25) is 0 Å². The van der Waals surface area contributed by atoms with Crippen LogP contribution in [0.25, 0.3) is 0 Å². The number of carbonyl (C=O) groups excluding carboxylic acids is 1. The van der Waals surface area contributed by atoms with Crippen LogP contribution in [0.1, 0.15) is 44.9 Å². The molecule has 0 amide bonds. The van der Waals surface area contributed by atoms with E-state index in [0.717, 1.165) is 19.3 Å². The highest BCUT2D eigenvalue weighted by Gasteiger charge is 2.46. The van der Waals surface area contributed by atoms with Gasteiger partial charge in [0.1, 0.15) is 6.29 Å². The average Bonchev–Trinajstić information content (AvgIpc) is 2.86. The van der Waals surface area contributed by atoms with Crippen LogP contribution >= 0.6 is 0 Å². The van der Waals surface area contributed by atoms with Gasteiger partial charge in [0, 0.05) is 12.5 Å². The summed E-state index contributed by atoms with van der Waals surface area (Å²) in [6.07, 6.45) is 9.81. The molecule has 0 aromatic rings. The van der Waals surface area contributed by atoms with Gasteiger partial charge in [0.05, 0.1) is 6.10 Å². The number of methoxy groups -OCH3 is 1. The maximum Gasteiger partial charge on any atom is 0.126 e. The molecule has 0 aliphatic heterocycles. The number of carbonyl (C=O) groups is 1. The van der Waals surface area contributed by atoms with Gasteiger partial charge in [-0.25, -0.2) is 0 Å². The zero-order valence-corrected chi connectivity index (χ0v) is 9.00. The summed E-state index contributed by atoms with van der Waals surface area (Å²) in [4.78, 5) is 11.3. The van der Waals surface area contributed by atoms with Crippen molar-refractivity contribution in [3.63, 3.8) is 0 Å². The summed E-state index contributed by atoms with van der Waals surface area (Å²) < 4.78 is 5.50. The van der Waals surface area contributed by atoms with Crippen molar-refractivity contribution in [1.29, 1.82) is 0 Å². The van der Waals surface area contributed by atoms with E-state index in [1.807, 2.05) is 0 Å². The van der Waals surface area contributed by atoms with Gasteiger partial charge in [0.25, 0.3) is 0 Å². The summed E-state index contributed by atoms with van der Waals surface area (Å²) in [5, 5.41) is 0. The van der Waals surface area contributed by atoms with E-state index < -0.39 is 0 Å². The Labute approximate surface area is 86.0 Å². The van der Waals surface area contributed by atoms with E-state index in [1.54, 1.807) is 7.11 Å². The summed E-state index contributed by atoms with van der Waals surface area (Å²) in [5.74, 6) is 0.507. The molecule has 2 nitrogen and oxygen atoms in total. The number of rotatable bonds is 3. The van der Waals surface area contributed by atoms with Crippen LogP contribution in [0.2, 0.25) is 0 Å². The third-order valence-corrected chi connectivity index (χ3v) is 4.26. The van der Waals surface area contributed by atoms with Crippen LogP contribution in [0.15, 0.2) is 0 Å². The van der Waals surface area contributed by atoms with Crippen molar-refractivity contribution in [1.82, 2.24) is 0 Å². The molecular weight excluding hydrogens is 176 g/mol. The van der Waals surface area contributed by atoms with Crippen LogP contribution < -0.4 is 0 Å². The quantitative estimate of drug-likeness (QED) is 0.648. The second kappa shape index (κ2) is 4.01. The third kappa shape index (κ3) is 1.50. The smallest absolute Gasteiger partial charge is 0.126 e. The first-order valence-electron chi connectivity index (χ1n) is 5.81. The van der Waals surface area contributed by atoms with Gasteiger partial charge < -0.3 is 9.53 Å². The lowest BCUT2D eigenvalue weighted by atomic mass is 9.73. The summed E-state index contributed by atoms with van der Waals surface area (Å²) in [6, 6.07) is 0. The van der Waals surface area contributed by atoms with Crippen LogP contribution in [-0.4, -0.2) is 19.5 Å². The molecule has 2 fully saturated rings. The van der Waals surface area contributed by atoms with Crippen LogP contribution in [0.4, 0.5) is 0 Å². The minimum atomic E-state index is -0.0167. The Bertz CT molecular complexity index is 206. The molecule has 2 rings (SSSR count). The first kappa shape index (κ1) is 10.2. The first-order chi connectivity index (χ1) is 6.82. The number of aldehydes is 1. The topological polar surface area (TPSA) is 26.3 Å². The van der Waals surface area contributed by atoms with Crippen molar-refractivity contribution in [2.75, 3.05) is 7.11 Å². The van der Waals surface area contributed by atoms with Crippen molar-refractivity contribution in [2.24, 2.45) is 11.3 Å². The van der Waals surface area contributed by atoms with Crippen molar-refractivity contribution < 1.29 is 9.53 Å². The molecule has 0 bridgehead atoms. The molecule has 0 N–H and O–H groups in total. The minimum Gasteiger partial charge on any atom is -0.381 e. The molecular formula is C12H20O2. The van der Waals surface area contributed by atoms with E-state index >= 15 is 0 Å². The maximum absolute atomic E-state index is 11.3. The Morgan fingerprint density at radius 3 is 2.50 bits per heavy atom. The maximum atomic E-state index is 11.3. The Morgan fingerprint density at radius 1 is 1.21 bits per heavy atom. The van der Waals surface area contributed by atoms with Gasteiger partial charge in [-0.1, -0.05) is 19.3 Å². The summed E-state index contributed by atoms with van der Waals surface area (Å²) >= 11 is 0. The highest BCUT2D eigenvalue weighted by molar-refractivity contribution is 5.60. The first-order valence-corrected chi connectivity index (χ1v) is 5.81. The van der Waals surface area contributed by atoms with Crippen molar-refractivity contribution >= 4 is 6.29 Å². The monoisotopic (exact) mass is 196 g/mol. The van der Waals surface area contributed by atoms with E-state index in [1.165, 1.54) is 32.0 Å². The third-order valence-electron chi connectivity index (χ3n) is 4.26. The fraction of sp³-hybridized carbons (Fsp3) is 0.917. The van der Waals surface area contributed by atoms with Crippen LogP contribution in [0.3, 0.4) is 0 Å². The zero-order valence-electron chi connectivity index (χ0n) is 9.00. The average molecular weight is 196 g/mol. The van der Waals surface area contributed by atoms with Crippen molar-refractivity contribution in [3.8, 4) is 0 Å². The lowest BCUT2D eigenvalue weighted by Crippen LogP contribution is -2.35. The van der Waals surface area contributed by atoms with Crippen molar-refractivity contribution in [3.05, 3.63) is 0 Å².